The Morgan fingerprint density at radius 1 is 1.14 bits per heavy atom. The van der Waals surface area contributed by atoms with Gasteiger partial charge >= 0.3 is 5.97 Å². The van der Waals surface area contributed by atoms with Crippen molar-refractivity contribution in [3.8, 4) is 0 Å². The maximum atomic E-state index is 12.1. The molecule has 3 N–H and O–H groups in total. The van der Waals surface area contributed by atoms with Crippen molar-refractivity contribution in [1.82, 2.24) is 10.6 Å². The highest BCUT2D eigenvalue weighted by atomic mass is 16.4. The maximum absolute atomic E-state index is 12.1. The van der Waals surface area contributed by atoms with Gasteiger partial charge in [0.25, 0.3) is 0 Å². The lowest BCUT2D eigenvalue weighted by Crippen LogP contribution is -2.37. The molecule has 2 saturated carbocycles. The summed E-state index contributed by atoms with van der Waals surface area (Å²) in [4.78, 5) is 34.9. The van der Waals surface area contributed by atoms with Gasteiger partial charge in [-0.15, -0.1) is 0 Å². The van der Waals surface area contributed by atoms with E-state index in [2.05, 4.69) is 10.6 Å². The highest BCUT2D eigenvalue weighted by molar-refractivity contribution is 5.85. The second kappa shape index (κ2) is 6.91. The molecule has 2 fully saturated rings. The number of hydrogen-bond donors (Lipinski definition) is 3. The van der Waals surface area contributed by atoms with Crippen molar-refractivity contribution >= 4 is 17.8 Å². The molecule has 0 aliphatic heterocycles. The van der Waals surface area contributed by atoms with Crippen molar-refractivity contribution in [2.75, 3.05) is 6.54 Å². The smallest absolute Gasteiger partial charge is 0.307 e. The number of carbonyl (C=O) groups is 3. The van der Waals surface area contributed by atoms with Crippen LogP contribution in [0.25, 0.3) is 0 Å². The Morgan fingerprint density at radius 3 is 2.38 bits per heavy atom. The van der Waals surface area contributed by atoms with Gasteiger partial charge in [0.2, 0.25) is 11.8 Å². The van der Waals surface area contributed by atoms with Crippen molar-refractivity contribution in [1.29, 1.82) is 0 Å². The molecule has 0 radical (unpaired) electrons. The van der Waals surface area contributed by atoms with E-state index >= 15 is 0 Å². The molecule has 3 atom stereocenters. The van der Waals surface area contributed by atoms with Crippen LogP contribution in [-0.2, 0) is 14.4 Å². The molecule has 21 heavy (non-hydrogen) atoms. The van der Waals surface area contributed by atoms with Crippen LogP contribution < -0.4 is 10.6 Å². The van der Waals surface area contributed by atoms with E-state index < -0.39 is 17.8 Å². The molecule has 2 aliphatic rings. The molecule has 0 aromatic heterocycles. The van der Waals surface area contributed by atoms with Crippen LogP contribution in [0, 0.1) is 17.8 Å². The topological polar surface area (TPSA) is 95.5 Å². The zero-order valence-corrected chi connectivity index (χ0v) is 12.4. The minimum Gasteiger partial charge on any atom is -0.481 e. The molecule has 6 heteroatoms. The van der Waals surface area contributed by atoms with Crippen molar-refractivity contribution < 1.29 is 19.5 Å². The van der Waals surface area contributed by atoms with E-state index in [1.54, 1.807) is 0 Å². The zero-order valence-electron chi connectivity index (χ0n) is 12.4. The van der Waals surface area contributed by atoms with Crippen LogP contribution in [-0.4, -0.2) is 35.5 Å². The van der Waals surface area contributed by atoms with E-state index in [0.29, 0.717) is 24.8 Å². The first-order valence-electron chi connectivity index (χ1n) is 7.81. The molecule has 2 aliphatic carbocycles. The summed E-state index contributed by atoms with van der Waals surface area (Å²) >= 11 is 0. The Hall–Kier alpha value is -1.59. The third-order valence-electron chi connectivity index (χ3n) is 4.49. The second-order valence-corrected chi connectivity index (χ2v) is 6.18. The van der Waals surface area contributed by atoms with Crippen molar-refractivity contribution in [2.45, 2.75) is 51.5 Å². The fraction of sp³-hybridized carbons (Fsp3) is 0.800. The molecule has 118 valence electrons. The number of hydrogen-bond acceptors (Lipinski definition) is 3. The molecule has 0 spiro atoms. The Balaban J connectivity index is 1.75. The minimum atomic E-state index is -0.891. The highest BCUT2D eigenvalue weighted by Crippen LogP contribution is 2.38. The molecule has 0 aromatic carbocycles. The Labute approximate surface area is 124 Å². The van der Waals surface area contributed by atoms with Crippen LogP contribution in [0.4, 0.5) is 0 Å². The number of carboxylic acid groups (broad SMARTS) is 1. The Morgan fingerprint density at radius 2 is 1.81 bits per heavy atom. The van der Waals surface area contributed by atoms with E-state index in [-0.39, 0.29) is 24.8 Å². The van der Waals surface area contributed by atoms with Gasteiger partial charge in [-0.05, 0) is 31.6 Å². The van der Waals surface area contributed by atoms with E-state index in [4.69, 9.17) is 0 Å². The normalized spacial score (nSPS) is 28.1. The Bertz CT molecular complexity index is 420. The lowest BCUT2D eigenvalue weighted by Gasteiger charge is -2.15. The number of amides is 2. The fourth-order valence-corrected chi connectivity index (χ4v) is 3.00. The number of carboxylic acids is 1. The summed E-state index contributed by atoms with van der Waals surface area (Å²) in [6, 6.07) is 0.324. The number of rotatable bonds is 7. The number of carbonyl (C=O) groups excluding carboxylic acids is 2. The summed E-state index contributed by atoms with van der Waals surface area (Å²) in [5.41, 5.74) is 0. The van der Waals surface area contributed by atoms with Crippen LogP contribution in [0.5, 0.6) is 0 Å². The standard InChI is InChI=1S/C15H24N2O4/c1-2-9-7-11(12(8-9)15(20)21)14(19)16-6-5-13(18)17-10-3-4-10/h9-12H,2-8H2,1H3,(H,16,19)(H,17,18)(H,20,21). The SMILES string of the molecule is CCC1CC(C(=O)O)C(C(=O)NCCC(=O)NC2CC2)C1. The quantitative estimate of drug-likeness (QED) is 0.650. The molecular weight excluding hydrogens is 272 g/mol. The third-order valence-corrected chi connectivity index (χ3v) is 4.49. The summed E-state index contributed by atoms with van der Waals surface area (Å²) in [5.74, 6) is -1.91. The lowest BCUT2D eigenvalue weighted by molar-refractivity contribution is -0.146. The predicted molar refractivity (Wildman–Crippen MR) is 76.4 cm³/mol. The van der Waals surface area contributed by atoms with Crippen molar-refractivity contribution in [3.63, 3.8) is 0 Å². The van der Waals surface area contributed by atoms with Crippen LogP contribution >= 0.6 is 0 Å². The average molecular weight is 296 g/mol. The highest BCUT2D eigenvalue weighted by Gasteiger charge is 2.41. The molecule has 2 rings (SSSR count). The van der Waals surface area contributed by atoms with Gasteiger partial charge in [0, 0.05) is 19.0 Å². The zero-order chi connectivity index (χ0) is 15.4. The van der Waals surface area contributed by atoms with Crippen molar-refractivity contribution in [3.05, 3.63) is 0 Å². The van der Waals surface area contributed by atoms with Gasteiger partial charge in [-0.3, -0.25) is 14.4 Å². The largest absolute Gasteiger partial charge is 0.481 e. The fourth-order valence-electron chi connectivity index (χ4n) is 3.00. The first kappa shape index (κ1) is 15.8. The van der Waals surface area contributed by atoms with Gasteiger partial charge in [0.1, 0.15) is 0 Å². The molecule has 0 heterocycles. The average Bonchev–Trinajstić information content (AvgIpc) is 3.13. The molecule has 0 aromatic rings. The van der Waals surface area contributed by atoms with Crippen LogP contribution in [0.2, 0.25) is 0 Å². The summed E-state index contributed by atoms with van der Waals surface area (Å²) in [7, 11) is 0. The van der Waals surface area contributed by atoms with Gasteiger partial charge in [-0.1, -0.05) is 13.3 Å². The Kier molecular flexibility index (Phi) is 5.20. The van der Waals surface area contributed by atoms with E-state index in [1.807, 2.05) is 6.92 Å². The third kappa shape index (κ3) is 4.44. The molecular formula is C15H24N2O4. The summed E-state index contributed by atoms with van der Waals surface area (Å²) < 4.78 is 0. The van der Waals surface area contributed by atoms with Crippen LogP contribution in [0.15, 0.2) is 0 Å². The van der Waals surface area contributed by atoms with Gasteiger partial charge < -0.3 is 15.7 Å². The number of aliphatic carboxylic acids is 1. The first-order valence-corrected chi connectivity index (χ1v) is 7.81. The molecule has 2 amide bonds. The molecule has 6 nitrogen and oxygen atoms in total. The summed E-state index contributed by atoms with van der Waals surface area (Å²) in [6.45, 7) is 2.29. The molecule has 0 bridgehead atoms. The van der Waals surface area contributed by atoms with E-state index in [9.17, 15) is 19.5 Å². The first-order chi connectivity index (χ1) is 10.0. The maximum Gasteiger partial charge on any atom is 0.307 e. The molecule has 0 saturated heterocycles. The monoisotopic (exact) mass is 296 g/mol. The van der Waals surface area contributed by atoms with Gasteiger partial charge in [-0.25, -0.2) is 0 Å². The van der Waals surface area contributed by atoms with Gasteiger partial charge in [-0.2, -0.15) is 0 Å². The van der Waals surface area contributed by atoms with Crippen molar-refractivity contribution in [2.24, 2.45) is 17.8 Å². The van der Waals surface area contributed by atoms with Gasteiger partial charge in [0.05, 0.1) is 11.8 Å². The minimum absolute atomic E-state index is 0.0505. The summed E-state index contributed by atoms with van der Waals surface area (Å²) in [5, 5.41) is 14.8. The predicted octanol–water partition coefficient (Wildman–Crippen LogP) is 0.908. The molecule has 3 unspecified atom stereocenters. The number of nitrogens with one attached hydrogen (secondary N) is 2. The van der Waals surface area contributed by atoms with E-state index in [1.165, 1.54) is 0 Å². The van der Waals surface area contributed by atoms with Gasteiger partial charge in [0.15, 0.2) is 0 Å². The summed E-state index contributed by atoms with van der Waals surface area (Å²) in [6.07, 6.45) is 4.44. The van der Waals surface area contributed by atoms with Crippen LogP contribution in [0.3, 0.4) is 0 Å². The van der Waals surface area contributed by atoms with Crippen LogP contribution in [0.1, 0.15) is 45.4 Å². The second-order valence-electron chi connectivity index (χ2n) is 6.18. The van der Waals surface area contributed by atoms with E-state index in [0.717, 1.165) is 19.3 Å². The lowest BCUT2D eigenvalue weighted by atomic mass is 9.95.